The van der Waals surface area contributed by atoms with E-state index in [0.717, 1.165) is 5.56 Å². The summed E-state index contributed by atoms with van der Waals surface area (Å²) < 4.78 is 0. The fourth-order valence-electron chi connectivity index (χ4n) is 2.39. The summed E-state index contributed by atoms with van der Waals surface area (Å²) in [5.41, 5.74) is 6.78. The molecule has 0 spiro atoms. The van der Waals surface area contributed by atoms with E-state index in [9.17, 15) is 19.2 Å². The third-order valence-electron chi connectivity index (χ3n) is 3.87. The maximum absolute atomic E-state index is 12.4. The van der Waals surface area contributed by atoms with E-state index in [2.05, 4.69) is 10.6 Å². The predicted molar refractivity (Wildman–Crippen MR) is 105 cm³/mol. The average molecular weight is 411 g/mol. The number of carboxylic acids is 2. The summed E-state index contributed by atoms with van der Waals surface area (Å²) in [6.07, 6.45) is 1.58. The number of carboxylic acid groups (broad SMARTS) is 2. The molecule has 0 aliphatic heterocycles. The van der Waals surface area contributed by atoms with Gasteiger partial charge in [-0.1, -0.05) is 30.3 Å². The van der Waals surface area contributed by atoms with E-state index in [1.807, 2.05) is 36.6 Å². The van der Waals surface area contributed by atoms with Gasteiger partial charge in [-0.05, 0) is 30.4 Å². The number of carbonyl (C=O) groups excluding carboxylic acids is 2. The topological polar surface area (TPSA) is 159 Å². The van der Waals surface area contributed by atoms with E-state index in [4.69, 9.17) is 15.9 Å². The molecule has 0 heterocycles. The van der Waals surface area contributed by atoms with Crippen LogP contribution in [0.1, 0.15) is 18.4 Å². The first-order valence-electron chi connectivity index (χ1n) is 8.58. The minimum atomic E-state index is -1.59. The van der Waals surface area contributed by atoms with Crippen LogP contribution >= 0.6 is 11.8 Å². The Morgan fingerprint density at radius 3 is 2.18 bits per heavy atom. The Hall–Kier alpha value is -2.59. The minimum absolute atomic E-state index is 0.246. The fraction of sp³-hybridized carbons (Fsp3) is 0.444. The third kappa shape index (κ3) is 8.40. The molecule has 0 saturated heterocycles. The molecule has 154 valence electrons. The van der Waals surface area contributed by atoms with Crippen LogP contribution in [0.5, 0.6) is 0 Å². The molecule has 1 aromatic carbocycles. The van der Waals surface area contributed by atoms with Crippen LogP contribution in [0.4, 0.5) is 0 Å². The van der Waals surface area contributed by atoms with Crippen molar-refractivity contribution in [1.82, 2.24) is 10.6 Å². The largest absolute Gasteiger partial charge is 0.481 e. The highest BCUT2D eigenvalue weighted by molar-refractivity contribution is 7.98. The van der Waals surface area contributed by atoms with E-state index in [-0.39, 0.29) is 12.8 Å². The lowest BCUT2D eigenvalue weighted by Gasteiger charge is -2.22. The molecule has 0 bridgehead atoms. The maximum Gasteiger partial charge on any atom is 0.326 e. The Bertz CT molecular complexity index is 685. The number of benzene rings is 1. The number of nitrogens with one attached hydrogen (secondary N) is 2. The molecule has 0 aliphatic carbocycles. The fourth-order valence-corrected chi connectivity index (χ4v) is 2.86. The van der Waals surface area contributed by atoms with Gasteiger partial charge < -0.3 is 26.6 Å². The molecule has 0 fully saturated rings. The minimum Gasteiger partial charge on any atom is -0.481 e. The van der Waals surface area contributed by atoms with Crippen molar-refractivity contribution >= 4 is 35.5 Å². The lowest BCUT2D eigenvalue weighted by Crippen LogP contribution is -2.55. The molecule has 0 radical (unpaired) electrons. The lowest BCUT2D eigenvalue weighted by molar-refractivity contribution is -0.147. The molecule has 2 amide bonds. The average Bonchev–Trinajstić information content (AvgIpc) is 2.64. The molecule has 6 N–H and O–H groups in total. The van der Waals surface area contributed by atoms with Crippen LogP contribution in [-0.2, 0) is 25.6 Å². The van der Waals surface area contributed by atoms with Crippen molar-refractivity contribution in [1.29, 1.82) is 0 Å². The molecule has 3 atom stereocenters. The summed E-state index contributed by atoms with van der Waals surface area (Å²) in [4.78, 5) is 46.7. The van der Waals surface area contributed by atoms with Crippen molar-refractivity contribution in [2.75, 3.05) is 12.0 Å². The van der Waals surface area contributed by atoms with Gasteiger partial charge in [0.1, 0.15) is 12.1 Å². The van der Waals surface area contributed by atoms with Crippen molar-refractivity contribution in [2.24, 2.45) is 5.73 Å². The normalized spacial score (nSPS) is 13.8. The van der Waals surface area contributed by atoms with Gasteiger partial charge in [-0.15, -0.1) is 0 Å². The first-order chi connectivity index (χ1) is 13.2. The monoisotopic (exact) mass is 411 g/mol. The molecule has 0 saturated carbocycles. The summed E-state index contributed by atoms with van der Waals surface area (Å²) in [6.45, 7) is 0. The second-order valence-electron chi connectivity index (χ2n) is 6.14. The molecular formula is C18H25N3O6S. The van der Waals surface area contributed by atoms with Crippen molar-refractivity contribution in [3.05, 3.63) is 35.9 Å². The molecule has 9 nitrogen and oxygen atoms in total. The van der Waals surface area contributed by atoms with Crippen LogP contribution in [0.3, 0.4) is 0 Å². The number of carbonyl (C=O) groups is 4. The highest BCUT2D eigenvalue weighted by Crippen LogP contribution is 2.06. The number of hydrogen-bond acceptors (Lipinski definition) is 6. The van der Waals surface area contributed by atoms with Crippen LogP contribution in [0, 0.1) is 0 Å². The summed E-state index contributed by atoms with van der Waals surface area (Å²) in [5, 5.41) is 22.6. The first kappa shape index (κ1) is 23.4. The van der Waals surface area contributed by atoms with Gasteiger partial charge in [-0.25, -0.2) is 4.79 Å². The third-order valence-corrected chi connectivity index (χ3v) is 4.52. The van der Waals surface area contributed by atoms with Crippen LogP contribution in [-0.4, -0.2) is 64.1 Å². The number of thioether (sulfide) groups is 1. The highest BCUT2D eigenvalue weighted by atomic mass is 32.2. The maximum atomic E-state index is 12.4. The highest BCUT2D eigenvalue weighted by Gasteiger charge is 2.29. The summed E-state index contributed by atoms with van der Waals surface area (Å²) in [7, 11) is 0. The smallest absolute Gasteiger partial charge is 0.326 e. The Labute approximate surface area is 167 Å². The zero-order valence-corrected chi connectivity index (χ0v) is 16.3. The molecule has 1 rings (SSSR count). The van der Waals surface area contributed by atoms with Gasteiger partial charge in [0.05, 0.1) is 12.5 Å². The Kier molecular flexibility index (Phi) is 10.0. The number of hydrogen-bond donors (Lipinski definition) is 5. The van der Waals surface area contributed by atoms with Crippen LogP contribution in [0.25, 0.3) is 0 Å². The number of nitrogens with two attached hydrogens (primary N) is 1. The van der Waals surface area contributed by atoms with Crippen molar-refractivity contribution in [3.8, 4) is 0 Å². The van der Waals surface area contributed by atoms with E-state index >= 15 is 0 Å². The molecule has 3 unspecified atom stereocenters. The second kappa shape index (κ2) is 12.0. The molecule has 10 heteroatoms. The van der Waals surface area contributed by atoms with Gasteiger partial charge in [-0.2, -0.15) is 11.8 Å². The Morgan fingerprint density at radius 2 is 1.64 bits per heavy atom. The Morgan fingerprint density at radius 1 is 1.04 bits per heavy atom. The first-order valence-corrected chi connectivity index (χ1v) is 9.97. The van der Waals surface area contributed by atoms with Crippen molar-refractivity contribution < 1.29 is 29.4 Å². The zero-order chi connectivity index (χ0) is 21.1. The standard InChI is InChI=1S/C18H25N3O6S/c1-28-8-7-13(17(25)21-14(18(26)27)10-15(22)23)20-16(24)12(19)9-11-5-3-2-4-6-11/h2-6,12-14H,7-10,19H2,1H3,(H,20,24)(H,21,25)(H,22,23)(H,26,27). The molecule has 0 aromatic heterocycles. The lowest BCUT2D eigenvalue weighted by atomic mass is 10.1. The van der Waals surface area contributed by atoms with Gasteiger partial charge in [0.2, 0.25) is 11.8 Å². The van der Waals surface area contributed by atoms with Gasteiger partial charge >= 0.3 is 11.9 Å². The quantitative estimate of drug-likeness (QED) is 0.317. The van der Waals surface area contributed by atoms with Gasteiger partial charge in [-0.3, -0.25) is 14.4 Å². The summed E-state index contributed by atoms with van der Waals surface area (Å²) >= 11 is 1.45. The van der Waals surface area contributed by atoms with Gasteiger partial charge in [0, 0.05) is 0 Å². The predicted octanol–water partition coefficient (Wildman–Crippen LogP) is -0.162. The second-order valence-corrected chi connectivity index (χ2v) is 7.12. The van der Waals surface area contributed by atoms with E-state index in [1.165, 1.54) is 11.8 Å². The number of amides is 2. The Balaban J connectivity index is 2.76. The molecule has 1 aromatic rings. The van der Waals surface area contributed by atoms with E-state index in [0.29, 0.717) is 5.75 Å². The SMILES string of the molecule is CSCCC(NC(=O)C(N)Cc1ccccc1)C(=O)NC(CC(=O)O)C(=O)O. The van der Waals surface area contributed by atoms with E-state index < -0.39 is 48.3 Å². The number of aliphatic carboxylic acids is 2. The number of rotatable bonds is 12. The zero-order valence-electron chi connectivity index (χ0n) is 15.5. The van der Waals surface area contributed by atoms with Crippen molar-refractivity contribution in [2.45, 2.75) is 37.4 Å². The summed E-state index contributed by atoms with van der Waals surface area (Å²) in [6, 6.07) is 5.65. The van der Waals surface area contributed by atoms with Crippen LogP contribution in [0.15, 0.2) is 30.3 Å². The van der Waals surface area contributed by atoms with Gasteiger partial charge in [0.25, 0.3) is 0 Å². The summed E-state index contributed by atoms with van der Waals surface area (Å²) in [5.74, 6) is -3.60. The van der Waals surface area contributed by atoms with Crippen LogP contribution < -0.4 is 16.4 Å². The molecular weight excluding hydrogens is 386 g/mol. The van der Waals surface area contributed by atoms with Crippen LogP contribution in [0.2, 0.25) is 0 Å². The molecule has 0 aliphatic rings. The molecule has 28 heavy (non-hydrogen) atoms. The van der Waals surface area contributed by atoms with Gasteiger partial charge in [0.15, 0.2) is 0 Å². The van der Waals surface area contributed by atoms with E-state index in [1.54, 1.807) is 0 Å². The van der Waals surface area contributed by atoms with Crippen molar-refractivity contribution in [3.63, 3.8) is 0 Å².